The average Bonchev–Trinajstić information content (AvgIpc) is 2.97. The lowest BCUT2D eigenvalue weighted by Gasteiger charge is -2.03. The Labute approximate surface area is 115 Å². The summed E-state index contributed by atoms with van der Waals surface area (Å²) < 4.78 is 5.19. The molecular weight excluding hydrogens is 254 g/mol. The van der Waals surface area contributed by atoms with E-state index in [0.29, 0.717) is 22.4 Å². The van der Waals surface area contributed by atoms with E-state index in [2.05, 4.69) is 4.98 Å². The number of carbonyl (C=O) groups is 1. The van der Waals surface area contributed by atoms with E-state index in [4.69, 9.17) is 4.42 Å². The maximum atomic E-state index is 11.3. The summed E-state index contributed by atoms with van der Waals surface area (Å²) in [5.41, 5.74) is 1.48. The minimum atomic E-state index is -0.962. The van der Waals surface area contributed by atoms with Gasteiger partial charge in [0.05, 0.1) is 23.0 Å². The van der Waals surface area contributed by atoms with Crippen molar-refractivity contribution in [3.63, 3.8) is 0 Å². The first-order chi connectivity index (χ1) is 9.74. The smallest absolute Gasteiger partial charge is 0.336 e. The molecule has 2 aromatic heterocycles. The molecule has 0 aliphatic rings. The van der Waals surface area contributed by atoms with Crippen LogP contribution in [0.3, 0.4) is 0 Å². The van der Waals surface area contributed by atoms with Crippen LogP contribution >= 0.6 is 0 Å². The molecule has 0 aliphatic carbocycles. The summed E-state index contributed by atoms with van der Waals surface area (Å²) in [6, 6.07) is 12.4. The third-order valence-corrected chi connectivity index (χ3v) is 2.93. The van der Waals surface area contributed by atoms with Crippen molar-refractivity contribution in [2.24, 2.45) is 0 Å². The maximum absolute atomic E-state index is 11.3. The van der Waals surface area contributed by atoms with Gasteiger partial charge in [-0.1, -0.05) is 18.2 Å². The van der Waals surface area contributed by atoms with Gasteiger partial charge in [-0.05, 0) is 36.4 Å². The molecule has 0 atom stereocenters. The predicted molar refractivity (Wildman–Crippen MR) is 76.3 cm³/mol. The number of fused-ring (bicyclic) bond motifs is 1. The molecule has 1 N–H and O–H groups in total. The van der Waals surface area contributed by atoms with Gasteiger partial charge in [0, 0.05) is 5.39 Å². The Balaban J connectivity index is 2.10. The Morgan fingerprint density at radius 3 is 2.75 bits per heavy atom. The fraction of sp³-hybridized carbons (Fsp3) is 0. The van der Waals surface area contributed by atoms with Crippen LogP contribution in [0.15, 0.2) is 53.1 Å². The summed E-state index contributed by atoms with van der Waals surface area (Å²) in [7, 11) is 0. The average molecular weight is 265 g/mol. The number of furan rings is 1. The van der Waals surface area contributed by atoms with Gasteiger partial charge < -0.3 is 9.52 Å². The van der Waals surface area contributed by atoms with Crippen molar-refractivity contribution in [1.29, 1.82) is 0 Å². The van der Waals surface area contributed by atoms with Crippen LogP contribution in [0.4, 0.5) is 0 Å². The van der Waals surface area contributed by atoms with Crippen LogP contribution in [0.5, 0.6) is 0 Å². The van der Waals surface area contributed by atoms with Crippen LogP contribution in [-0.4, -0.2) is 16.1 Å². The van der Waals surface area contributed by atoms with Crippen LogP contribution in [-0.2, 0) is 0 Å². The number of rotatable bonds is 3. The fourth-order valence-corrected chi connectivity index (χ4v) is 2.01. The maximum Gasteiger partial charge on any atom is 0.336 e. The fourth-order valence-electron chi connectivity index (χ4n) is 2.01. The molecule has 0 saturated carbocycles. The topological polar surface area (TPSA) is 63.3 Å². The van der Waals surface area contributed by atoms with Crippen molar-refractivity contribution in [2.45, 2.75) is 0 Å². The third-order valence-electron chi connectivity index (χ3n) is 2.93. The van der Waals surface area contributed by atoms with Gasteiger partial charge in [-0.15, -0.1) is 0 Å². The molecule has 0 aliphatic heterocycles. The largest absolute Gasteiger partial charge is 0.478 e. The quantitative estimate of drug-likeness (QED) is 0.784. The highest BCUT2D eigenvalue weighted by Gasteiger charge is 2.10. The molecule has 0 spiro atoms. The van der Waals surface area contributed by atoms with Crippen LogP contribution in [0, 0.1) is 0 Å². The number of hydrogen-bond donors (Lipinski definition) is 1. The molecule has 4 heteroatoms. The van der Waals surface area contributed by atoms with Gasteiger partial charge in [0.1, 0.15) is 5.76 Å². The van der Waals surface area contributed by atoms with Crippen LogP contribution in [0.1, 0.15) is 21.8 Å². The van der Waals surface area contributed by atoms with Crippen molar-refractivity contribution in [2.75, 3.05) is 0 Å². The van der Waals surface area contributed by atoms with Gasteiger partial charge in [-0.3, -0.25) is 0 Å². The zero-order valence-electron chi connectivity index (χ0n) is 10.5. The molecular formula is C16H11NO3. The van der Waals surface area contributed by atoms with E-state index >= 15 is 0 Å². The monoisotopic (exact) mass is 265 g/mol. The number of pyridine rings is 1. The first kappa shape index (κ1) is 12.2. The number of nitrogens with zero attached hydrogens (tertiary/aromatic N) is 1. The van der Waals surface area contributed by atoms with Crippen LogP contribution < -0.4 is 0 Å². The van der Waals surface area contributed by atoms with E-state index in [1.54, 1.807) is 48.7 Å². The molecule has 0 amide bonds. The van der Waals surface area contributed by atoms with Gasteiger partial charge in [0.2, 0.25) is 0 Å². The molecule has 0 unspecified atom stereocenters. The summed E-state index contributed by atoms with van der Waals surface area (Å²) in [5, 5.41) is 9.92. The molecule has 98 valence electrons. The summed E-state index contributed by atoms with van der Waals surface area (Å²) in [6.07, 6.45) is 5.07. The normalized spacial score (nSPS) is 11.2. The number of hydrogen-bond acceptors (Lipinski definition) is 3. The molecule has 0 bridgehead atoms. The second-order valence-corrected chi connectivity index (χ2v) is 4.27. The molecule has 1 aromatic carbocycles. The highest BCUT2D eigenvalue weighted by Crippen LogP contribution is 2.19. The predicted octanol–water partition coefficient (Wildman–Crippen LogP) is 3.70. The molecule has 3 rings (SSSR count). The highest BCUT2D eigenvalue weighted by atomic mass is 16.4. The second kappa shape index (κ2) is 5.01. The second-order valence-electron chi connectivity index (χ2n) is 4.27. The van der Waals surface area contributed by atoms with Gasteiger partial charge in [0.15, 0.2) is 0 Å². The van der Waals surface area contributed by atoms with Gasteiger partial charge in [-0.2, -0.15) is 0 Å². The van der Waals surface area contributed by atoms with E-state index < -0.39 is 5.97 Å². The summed E-state index contributed by atoms with van der Waals surface area (Å²) in [6.45, 7) is 0. The number of carboxylic acids is 1. The van der Waals surface area contributed by atoms with Crippen LogP contribution in [0.25, 0.3) is 23.1 Å². The van der Waals surface area contributed by atoms with Crippen molar-refractivity contribution in [3.8, 4) is 0 Å². The Kier molecular flexibility index (Phi) is 3.05. The van der Waals surface area contributed by atoms with Crippen molar-refractivity contribution >= 4 is 29.0 Å². The zero-order valence-corrected chi connectivity index (χ0v) is 10.5. The van der Waals surface area contributed by atoms with E-state index in [9.17, 15) is 9.90 Å². The van der Waals surface area contributed by atoms with Crippen molar-refractivity contribution in [1.82, 2.24) is 4.98 Å². The van der Waals surface area contributed by atoms with Crippen molar-refractivity contribution in [3.05, 3.63) is 65.7 Å². The van der Waals surface area contributed by atoms with Gasteiger partial charge in [0.25, 0.3) is 0 Å². The Morgan fingerprint density at radius 1 is 1.15 bits per heavy atom. The zero-order chi connectivity index (χ0) is 13.9. The molecule has 4 nitrogen and oxygen atoms in total. The third kappa shape index (κ3) is 2.31. The number of carboxylic acid groups (broad SMARTS) is 1. The number of aromatic carboxylic acids is 1. The molecule has 0 fully saturated rings. The standard InChI is InChI=1S/C16H11NO3/c18-16(19)14-10-11(7-8-12-4-3-9-20-12)17-15-6-2-1-5-13(14)15/h1-10H,(H,18,19)/b8-7+. The molecule has 3 aromatic rings. The van der Waals surface area contributed by atoms with Gasteiger partial charge in [-0.25, -0.2) is 9.78 Å². The lowest BCUT2D eigenvalue weighted by atomic mass is 10.1. The minimum Gasteiger partial charge on any atom is -0.478 e. The first-order valence-corrected chi connectivity index (χ1v) is 6.09. The number of aromatic nitrogens is 1. The Morgan fingerprint density at radius 2 is 2.00 bits per heavy atom. The summed E-state index contributed by atoms with van der Waals surface area (Å²) >= 11 is 0. The molecule has 20 heavy (non-hydrogen) atoms. The number of para-hydroxylation sites is 1. The van der Waals surface area contributed by atoms with E-state index in [1.165, 1.54) is 0 Å². The number of benzene rings is 1. The van der Waals surface area contributed by atoms with E-state index in [-0.39, 0.29) is 5.56 Å². The highest BCUT2D eigenvalue weighted by molar-refractivity contribution is 6.03. The lowest BCUT2D eigenvalue weighted by molar-refractivity contribution is 0.0699. The molecule has 0 saturated heterocycles. The summed E-state index contributed by atoms with van der Waals surface area (Å²) in [5.74, 6) is -0.270. The van der Waals surface area contributed by atoms with Crippen molar-refractivity contribution < 1.29 is 14.3 Å². The molecule has 2 heterocycles. The summed E-state index contributed by atoms with van der Waals surface area (Å²) in [4.78, 5) is 15.8. The Hall–Kier alpha value is -2.88. The van der Waals surface area contributed by atoms with E-state index in [1.807, 2.05) is 12.1 Å². The lowest BCUT2D eigenvalue weighted by Crippen LogP contribution is -1.99. The SMILES string of the molecule is O=C(O)c1cc(/C=C/c2ccco2)nc2ccccc12. The van der Waals surface area contributed by atoms with E-state index in [0.717, 1.165) is 0 Å². The molecule has 0 radical (unpaired) electrons. The van der Waals surface area contributed by atoms with Crippen LogP contribution in [0.2, 0.25) is 0 Å². The minimum absolute atomic E-state index is 0.245. The first-order valence-electron chi connectivity index (χ1n) is 6.09. The van der Waals surface area contributed by atoms with Gasteiger partial charge >= 0.3 is 5.97 Å². The Bertz CT molecular complexity index is 789.